The average molecular weight is 359 g/mol. The highest BCUT2D eigenvalue weighted by Gasteiger charge is 2.32. The van der Waals surface area contributed by atoms with Gasteiger partial charge in [-0.15, -0.1) is 0 Å². The second-order valence-electron chi connectivity index (χ2n) is 7.96. The third kappa shape index (κ3) is 5.04. The van der Waals surface area contributed by atoms with E-state index in [0.29, 0.717) is 11.9 Å². The second-order valence-corrected chi connectivity index (χ2v) is 7.96. The van der Waals surface area contributed by atoms with E-state index in [9.17, 15) is 4.79 Å². The van der Waals surface area contributed by atoms with Gasteiger partial charge in [-0.2, -0.15) is 0 Å². The average Bonchev–Trinajstić information content (AvgIpc) is 2.69. The Hall–Kier alpha value is -1.46. The minimum atomic E-state index is 0.204. The molecule has 1 aromatic heterocycles. The maximum Gasteiger partial charge on any atom is 0.226 e. The molecular formula is C21H34N4O. The molecule has 5 heteroatoms. The fourth-order valence-corrected chi connectivity index (χ4v) is 4.49. The molecule has 1 atom stereocenters. The Morgan fingerprint density at radius 3 is 2.62 bits per heavy atom. The van der Waals surface area contributed by atoms with Gasteiger partial charge in [0, 0.05) is 45.1 Å². The summed E-state index contributed by atoms with van der Waals surface area (Å²) < 4.78 is 0. The number of pyridine rings is 1. The molecule has 5 nitrogen and oxygen atoms in total. The first-order chi connectivity index (χ1) is 12.7. The van der Waals surface area contributed by atoms with E-state index in [2.05, 4.69) is 33.8 Å². The van der Waals surface area contributed by atoms with Crippen LogP contribution in [0, 0.1) is 5.92 Å². The van der Waals surface area contributed by atoms with Crippen LogP contribution in [0.25, 0.3) is 0 Å². The topological polar surface area (TPSA) is 39.7 Å². The van der Waals surface area contributed by atoms with Crippen LogP contribution in [0.4, 0.5) is 0 Å². The van der Waals surface area contributed by atoms with Crippen molar-refractivity contribution in [2.45, 2.75) is 51.6 Å². The number of likely N-dealkylation sites (tertiary alicyclic amines) is 2. The Morgan fingerprint density at radius 1 is 1.19 bits per heavy atom. The molecule has 26 heavy (non-hydrogen) atoms. The normalized spacial score (nSPS) is 23.1. The van der Waals surface area contributed by atoms with E-state index in [1.807, 2.05) is 24.3 Å². The Morgan fingerprint density at radius 2 is 1.92 bits per heavy atom. The molecular weight excluding hydrogens is 324 g/mol. The van der Waals surface area contributed by atoms with Crippen LogP contribution in [0.3, 0.4) is 0 Å². The van der Waals surface area contributed by atoms with Crippen LogP contribution in [0.5, 0.6) is 0 Å². The van der Waals surface area contributed by atoms with Gasteiger partial charge in [-0.1, -0.05) is 6.92 Å². The van der Waals surface area contributed by atoms with E-state index >= 15 is 0 Å². The maximum atomic E-state index is 12.7. The summed E-state index contributed by atoms with van der Waals surface area (Å²) in [5.41, 5.74) is 1.35. The largest absolute Gasteiger partial charge is 0.345 e. The molecule has 0 N–H and O–H groups in total. The van der Waals surface area contributed by atoms with E-state index < -0.39 is 0 Å². The number of nitrogens with zero attached hydrogens (tertiary/aromatic N) is 4. The van der Waals surface area contributed by atoms with Gasteiger partial charge in [0.25, 0.3) is 0 Å². The lowest BCUT2D eigenvalue weighted by atomic mass is 9.93. The highest BCUT2D eigenvalue weighted by atomic mass is 16.2. The van der Waals surface area contributed by atoms with Gasteiger partial charge in [-0.3, -0.25) is 19.6 Å². The van der Waals surface area contributed by atoms with Crippen LogP contribution < -0.4 is 0 Å². The molecule has 2 fully saturated rings. The van der Waals surface area contributed by atoms with Crippen molar-refractivity contribution in [3.05, 3.63) is 30.1 Å². The first kappa shape index (κ1) is 19.3. The number of piperidine rings is 2. The van der Waals surface area contributed by atoms with Gasteiger partial charge in [-0.25, -0.2) is 0 Å². The van der Waals surface area contributed by atoms with Crippen molar-refractivity contribution in [3.63, 3.8) is 0 Å². The maximum absolute atomic E-state index is 12.7. The molecule has 0 radical (unpaired) electrons. The fourth-order valence-electron chi connectivity index (χ4n) is 4.49. The molecule has 1 aromatic rings. The molecule has 2 aliphatic rings. The third-order valence-electron chi connectivity index (χ3n) is 5.97. The van der Waals surface area contributed by atoms with Gasteiger partial charge in [0.15, 0.2) is 0 Å². The number of hydrogen-bond acceptors (Lipinski definition) is 4. The standard InChI is InChI=1S/C21H34N4O/c1-3-12-23(2)21(26)19-5-4-13-25(17-19)20-8-14-24(15-9-20)16-18-6-10-22-11-7-18/h6-7,10-11,19-20H,3-5,8-9,12-17H2,1-2H3/t19-/m1/s1. The summed E-state index contributed by atoms with van der Waals surface area (Å²) in [6.07, 6.45) is 9.45. The summed E-state index contributed by atoms with van der Waals surface area (Å²) in [4.78, 5) is 23.9. The lowest BCUT2D eigenvalue weighted by Gasteiger charge is -2.42. The Balaban J connectivity index is 1.47. The molecule has 1 amide bonds. The number of carbonyl (C=O) groups excluding carboxylic acids is 1. The number of rotatable bonds is 6. The first-order valence-electron chi connectivity index (χ1n) is 10.3. The van der Waals surface area contributed by atoms with Crippen LogP contribution in [0.2, 0.25) is 0 Å². The van der Waals surface area contributed by atoms with Gasteiger partial charge >= 0.3 is 0 Å². The zero-order chi connectivity index (χ0) is 18.4. The Bertz CT molecular complexity index is 556. The second kappa shape index (κ2) is 9.47. The van der Waals surface area contributed by atoms with E-state index in [0.717, 1.165) is 58.5 Å². The summed E-state index contributed by atoms with van der Waals surface area (Å²) in [6, 6.07) is 4.87. The van der Waals surface area contributed by atoms with Crippen LogP contribution in [-0.4, -0.2) is 71.4 Å². The monoisotopic (exact) mass is 358 g/mol. The minimum Gasteiger partial charge on any atom is -0.345 e. The highest BCUT2D eigenvalue weighted by molar-refractivity contribution is 5.78. The van der Waals surface area contributed by atoms with E-state index in [1.165, 1.54) is 18.4 Å². The van der Waals surface area contributed by atoms with Gasteiger partial charge in [0.05, 0.1) is 5.92 Å². The van der Waals surface area contributed by atoms with Gasteiger partial charge < -0.3 is 4.90 Å². The molecule has 0 unspecified atom stereocenters. The highest BCUT2D eigenvalue weighted by Crippen LogP contribution is 2.25. The Labute approximate surface area is 158 Å². The molecule has 144 valence electrons. The summed E-state index contributed by atoms with van der Waals surface area (Å²) in [5.74, 6) is 0.557. The molecule has 0 spiro atoms. The molecule has 0 aromatic carbocycles. The Kier molecular flexibility index (Phi) is 7.03. The summed E-state index contributed by atoms with van der Waals surface area (Å²) >= 11 is 0. The minimum absolute atomic E-state index is 0.204. The predicted molar refractivity (Wildman–Crippen MR) is 105 cm³/mol. The van der Waals surface area contributed by atoms with Crippen molar-refractivity contribution < 1.29 is 4.79 Å². The quantitative estimate of drug-likeness (QED) is 0.784. The van der Waals surface area contributed by atoms with Crippen molar-refractivity contribution >= 4 is 5.91 Å². The lowest BCUT2D eigenvalue weighted by molar-refractivity contribution is -0.136. The molecule has 0 aliphatic carbocycles. The zero-order valence-corrected chi connectivity index (χ0v) is 16.4. The smallest absolute Gasteiger partial charge is 0.226 e. The van der Waals surface area contributed by atoms with Gasteiger partial charge in [-0.05, 0) is 69.4 Å². The third-order valence-corrected chi connectivity index (χ3v) is 5.97. The molecule has 0 saturated carbocycles. The molecule has 3 rings (SSSR count). The van der Waals surface area contributed by atoms with Crippen LogP contribution in [0.1, 0.15) is 44.6 Å². The van der Waals surface area contributed by atoms with Crippen molar-refractivity contribution in [2.24, 2.45) is 5.92 Å². The predicted octanol–water partition coefficient (Wildman–Crippen LogP) is 2.63. The van der Waals surface area contributed by atoms with Crippen LogP contribution in [-0.2, 0) is 11.3 Å². The number of amides is 1. The van der Waals surface area contributed by atoms with E-state index in [4.69, 9.17) is 0 Å². The van der Waals surface area contributed by atoms with Gasteiger partial charge in [0.2, 0.25) is 5.91 Å². The van der Waals surface area contributed by atoms with E-state index in [-0.39, 0.29) is 5.92 Å². The van der Waals surface area contributed by atoms with Crippen molar-refractivity contribution in [2.75, 3.05) is 39.8 Å². The number of aromatic nitrogens is 1. The molecule has 2 saturated heterocycles. The lowest BCUT2D eigenvalue weighted by Crippen LogP contribution is -2.50. The fraction of sp³-hybridized carbons (Fsp3) is 0.714. The summed E-state index contributed by atoms with van der Waals surface area (Å²) in [6.45, 7) is 8.46. The SMILES string of the molecule is CCCN(C)C(=O)[C@@H]1CCCN(C2CCN(Cc3ccncc3)CC2)C1. The summed E-state index contributed by atoms with van der Waals surface area (Å²) in [5, 5.41) is 0. The van der Waals surface area contributed by atoms with E-state index in [1.54, 1.807) is 0 Å². The first-order valence-corrected chi connectivity index (χ1v) is 10.3. The van der Waals surface area contributed by atoms with Crippen molar-refractivity contribution in [1.82, 2.24) is 19.7 Å². The number of hydrogen-bond donors (Lipinski definition) is 0. The van der Waals surface area contributed by atoms with Crippen molar-refractivity contribution in [1.29, 1.82) is 0 Å². The summed E-state index contributed by atoms with van der Waals surface area (Å²) in [7, 11) is 1.96. The van der Waals surface area contributed by atoms with Crippen LogP contribution >= 0.6 is 0 Å². The molecule has 0 bridgehead atoms. The van der Waals surface area contributed by atoms with Crippen LogP contribution in [0.15, 0.2) is 24.5 Å². The van der Waals surface area contributed by atoms with Gasteiger partial charge in [0.1, 0.15) is 0 Å². The molecule has 3 heterocycles. The molecule has 2 aliphatic heterocycles. The zero-order valence-electron chi connectivity index (χ0n) is 16.4. The van der Waals surface area contributed by atoms with Crippen molar-refractivity contribution in [3.8, 4) is 0 Å². The number of carbonyl (C=O) groups is 1.